The van der Waals surface area contributed by atoms with E-state index in [-0.39, 0.29) is 12.3 Å². The first kappa shape index (κ1) is 14.0. The topological polar surface area (TPSA) is 96.5 Å². The van der Waals surface area contributed by atoms with Gasteiger partial charge < -0.3 is 14.5 Å². The molecule has 20 heavy (non-hydrogen) atoms. The number of fused-ring (bicyclic) bond motifs is 1. The van der Waals surface area contributed by atoms with Gasteiger partial charge in [0.1, 0.15) is 0 Å². The van der Waals surface area contributed by atoms with Crippen molar-refractivity contribution in [1.29, 1.82) is 0 Å². The molecule has 0 fully saturated rings. The smallest absolute Gasteiger partial charge is 0.303 e. The highest BCUT2D eigenvalue weighted by atomic mass is 16.5. The van der Waals surface area contributed by atoms with E-state index in [1.54, 1.807) is 20.0 Å². The third kappa shape index (κ3) is 2.93. The second-order valence-electron chi connectivity index (χ2n) is 4.57. The summed E-state index contributed by atoms with van der Waals surface area (Å²) < 4.78 is 4.98. The molecule has 0 bridgehead atoms. The molecule has 0 spiro atoms. The molecule has 1 N–H and O–H groups in total. The fourth-order valence-electron chi connectivity index (χ4n) is 1.85. The summed E-state index contributed by atoms with van der Waals surface area (Å²) in [6, 6.07) is 1.68. The number of hydrogen-bond donors (Lipinski definition) is 1. The van der Waals surface area contributed by atoms with Crippen LogP contribution in [0.1, 0.15) is 28.9 Å². The minimum Gasteiger partial charge on any atom is -0.481 e. The minimum absolute atomic E-state index is 0.0413. The predicted octanol–water partition coefficient (Wildman–Crippen LogP) is 1.47. The number of nitrogens with zero attached hydrogens (tertiary/aromatic N) is 3. The fraction of sp³-hybridized carbons (Fsp3) is 0.385. The summed E-state index contributed by atoms with van der Waals surface area (Å²) in [5.41, 5.74) is 1.50. The van der Waals surface area contributed by atoms with Crippen LogP contribution in [0.15, 0.2) is 16.8 Å². The van der Waals surface area contributed by atoms with E-state index in [0.717, 1.165) is 0 Å². The van der Waals surface area contributed by atoms with Gasteiger partial charge in [-0.3, -0.25) is 9.59 Å². The average molecular weight is 277 g/mol. The number of carbonyl (C=O) groups excluding carboxylic acids is 1. The van der Waals surface area contributed by atoms with Gasteiger partial charge in [0.15, 0.2) is 0 Å². The highest BCUT2D eigenvalue weighted by Gasteiger charge is 2.15. The Bertz CT molecular complexity index is 650. The molecule has 2 aromatic heterocycles. The number of carbonyl (C=O) groups is 2. The maximum absolute atomic E-state index is 12.2. The third-order valence-corrected chi connectivity index (χ3v) is 2.99. The van der Waals surface area contributed by atoms with E-state index in [2.05, 4.69) is 10.1 Å². The summed E-state index contributed by atoms with van der Waals surface area (Å²) in [6.45, 7) is 2.16. The number of aromatic nitrogens is 2. The van der Waals surface area contributed by atoms with Gasteiger partial charge in [-0.15, -0.1) is 0 Å². The van der Waals surface area contributed by atoms with Gasteiger partial charge in [0.2, 0.25) is 0 Å². The van der Waals surface area contributed by atoms with Crippen LogP contribution in [0, 0.1) is 6.92 Å². The van der Waals surface area contributed by atoms with E-state index in [1.807, 2.05) is 0 Å². The summed E-state index contributed by atoms with van der Waals surface area (Å²) in [5, 5.41) is 13.1. The van der Waals surface area contributed by atoms with Crippen LogP contribution in [-0.2, 0) is 4.79 Å². The van der Waals surface area contributed by atoms with Crippen molar-refractivity contribution in [3.8, 4) is 0 Å². The lowest BCUT2D eigenvalue weighted by atomic mass is 10.2. The fourth-order valence-corrected chi connectivity index (χ4v) is 1.85. The predicted molar refractivity (Wildman–Crippen MR) is 70.4 cm³/mol. The molecule has 0 saturated carbocycles. The Hall–Kier alpha value is -2.44. The number of rotatable bonds is 5. The van der Waals surface area contributed by atoms with Crippen LogP contribution >= 0.6 is 0 Å². The number of aryl methyl sites for hydroxylation is 1. The molecule has 2 heterocycles. The molecule has 106 valence electrons. The average Bonchev–Trinajstić information content (AvgIpc) is 2.78. The summed E-state index contributed by atoms with van der Waals surface area (Å²) in [7, 11) is 1.63. The van der Waals surface area contributed by atoms with Crippen molar-refractivity contribution in [2.75, 3.05) is 13.6 Å². The molecule has 0 aliphatic heterocycles. The largest absolute Gasteiger partial charge is 0.481 e. The summed E-state index contributed by atoms with van der Waals surface area (Å²) >= 11 is 0. The Balaban J connectivity index is 2.09. The first-order chi connectivity index (χ1) is 9.49. The van der Waals surface area contributed by atoms with E-state index >= 15 is 0 Å². The lowest BCUT2D eigenvalue weighted by Gasteiger charge is -2.16. The Morgan fingerprint density at radius 3 is 2.90 bits per heavy atom. The van der Waals surface area contributed by atoms with Gasteiger partial charge in [-0.25, -0.2) is 4.98 Å². The lowest BCUT2D eigenvalue weighted by Crippen LogP contribution is -2.28. The molecule has 0 aromatic carbocycles. The third-order valence-electron chi connectivity index (χ3n) is 2.99. The molecule has 7 nitrogen and oxygen atoms in total. The number of carboxylic acid groups (broad SMARTS) is 1. The van der Waals surface area contributed by atoms with Gasteiger partial charge in [0.05, 0.1) is 16.6 Å². The highest BCUT2D eigenvalue weighted by molar-refractivity contribution is 5.96. The normalized spacial score (nSPS) is 10.7. The Morgan fingerprint density at radius 1 is 1.45 bits per heavy atom. The van der Waals surface area contributed by atoms with Crippen molar-refractivity contribution < 1.29 is 19.2 Å². The molecular formula is C13H15N3O4. The van der Waals surface area contributed by atoms with E-state index in [0.29, 0.717) is 35.3 Å². The lowest BCUT2D eigenvalue weighted by molar-refractivity contribution is -0.137. The van der Waals surface area contributed by atoms with E-state index in [9.17, 15) is 9.59 Å². The number of aliphatic carboxylic acids is 1. The molecule has 0 atom stereocenters. The molecular weight excluding hydrogens is 262 g/mol. The van der Waals surface area contributed by atoms with Crippen LogP contribution < -0.4 is 0 Å². The van der Waals surface area contributed by atoms with Crippen molar-refractivity contribution in [3.63, 3.8) is 0 Å². The highest BCUT2D eigenvalue weighted by Crippen LogP contribution is 2.17. The molecule has 7 heteroatoms. The van der Waals surface area contributed by atoms with Crippen LogP contribution in [0.4, 0.5) is 0 Å². The van der Waals surface area contributed by atoms with E-state index in [4.69, 9.17) is 9.63 Å². The molecule has 2 rings (SSSR count). The van der Waals surface area contributed by atoms with Crippen LogP contribution in [0.25, 0.3) is 11.1 Å². The molecule has 0 aliphatic rings. The molecule has 0 unspecified atom stereocenters. The van der Waals surface area contributed by atoms with Crippen molar-refractivity contribution >= 4 is 23.0 Å². The zero-order valence-electron chi connectivity index (χ0n) is 11.3. The number of hydrogen-bond acceptors (Lipinski definition) is 5. The number of pyridine rings is 1. The minimum atomic E-state index is -0.867. The zero-order valence-corrected chi connectivity index (χ0v) is 11.3. The number of amides is 1. The van der Waals surface area contributed by atoms with E-state index in [1.165, 1.54) is 11.1 Å². The zero-order chi connectivity index (χ0) is 14.7. The second-order valence-corrected chi connectivity index (χ2v) is 4.57. The van der Waals surface area contributed by atoms with Gasteiger partial charge in [-0.1, -0.05) is 5.16 Å². The second kappa shape index (κ2) is 5.68. The van der Waals surface area contributed by atoms with Gasteiger partial charge in [0.25, 0.3) is 11.6 Å². The molecule has 2 aromatic rings. The molecule has 0 aliphatic carbocycles. The van der Waals surface area contributed by atoms with Gasteiger partial charge in [-0.2, -0.15) is 0 Å². The molecule has 1 amide bonds. The van der Waals surface area contributed by atoms with Crippen molar-refractivity contribution in [1.82, 2.24) is 15.0 Å². The first-order valence-electron chi connectivity index (χ1n) is 6.18. The summed E-state index contributed by atoms with van der Waals surface area (Å²) in [5.74, 6) is -1.07. The monoisotopic (exact) mass is 277 g/mol. The summed E-state index contributed by atoms with van der Waals surface area (Å²) in [6.07, 6.45) is 1.89. The molecule has 0 radical (unpaired) electrons. The summed E-state index contributed by atoms with van der Waals surface area (Å²) in [4.78, 5) is 28.2. The van der Waals surface area contributed by atoms with E-state index < -0.39 is 5.97 Å². The van der Waals surface area contributed by atoms with Crippen molar-refractivity contribution in [3.05, 3.63) is 23.5 Å². The maximum atomic E-state index is 12.2. The SMILES string of the molecule is Cc1noc2ncc(C(=O)N(C)CCCC(=O)O)cc12. The van der Waals surface area contributed by atoms with Crippen LogP contribution in [0.3, 0.4) is 0 Å². The first-order valence-corrected chi connectivity index (χ1v) is 6.18. The molecule has 0 saturated heterocycles. The Kier molecular flexibility index (Phi) is 3.97. The Morgan fingerprint density at radius 2 is 2.20 bits per heavy atom. The van der Waals surface area contributed by atoms with Crippen molar-refractivity contribution in [2.24, 2.45) is 0 Å². The van der Waals surface area contributed by atoms with Gasteiger partial charge in [0, 0.05) is 26.2 Å². The Labute approximate surface area is 115 Å². The maximum Gasteiger partial charge on any atom is 0.303 e. The van der Waals surface area contributed by atoms with Crippen LogP contribution in [0.2, 0.25) is 0 Å². The van der Waals surface area contributed by atoms with Crippen LogP contribution in [0.5, 0.6) is 0 Å². The number of carboxylic acids is 1. The van der Waals surface area contributed by atoms with Crippen molar-refractivity contribution in [2.45, 2.75) is 19.8 Å². The standard InChI is InChI=1S/C13H15N3O4/c1-8-10-6-9(7-14-12(10)20-15-8)13(19)16(2)5-3-4-11(17)18/h6-7H,3-5H2,1-2H3,(H,17,18). The quantitative estimate of drug-likeness (QED) is 0.888. The van der Waals surface area contributed by atoms with Gasteiger partial charge in [-0.05, 0) is 19.4 Å². The van der Waals surface area contributed by atoms with Gasteiger partial charge >= 0.3 is 5.97 Å². The van der Waals surface area contributed by atoms with Crippen LogP contribution in [-0.4, -0.2) is 45.6 Å².